The van der Waals surface area contributed by atoms with Crippen molar-refractivity contribution in [1.29, 1.82) is 0 Å². The highest BCUT2D eigenvalue weighted by Crippen LogP contribution is 2.29. The molecule has 0 spiro atoms. The SMILES string of the molecule is COc1cccc(/C(C)=N\Nc2ccc([N+](=O)[O-])cc2[N+](=O)[O-])c1. The van der Waals surface area contributed by atoms with Gasteiger partial charge in [-0.2, -0.15) is 5.10 Å². The lowest BCUT2D eigenvalue weighted by atomic mass is 10.1. The second-order valence-corrected chi connectivity index (χ2v) is 4.76. The lowest BCUT2D eigenvalue weighted by Crippen LogP contribution is -2.02. The van der Waals surface area contributed by atoms with Gasteiger partial charge >= 0.3 is 5.69 Å². The van der Waals surface area contributed by atoms with Crippen LogP contribution in [0.3, 0.4) is 0 Å². The van der Waals surface area contributed by atoms with Gasteiger partial charge in [0.15, 0.2) is 0 Å². The van der Waals surface area contributed by atoms with Crippen molar-refractivity contribution >= 4 is 22.8 Å². The molecule has 0 radical (unpaired) electrons. The van der Waals surface area contributed by atoms with Gasteiger partial charge < -0.3 is 4.74 Å². The highest BCUT2D eigenvalue weighted by Gasteiger charge is 2.19. The normalized spacial score (nSPS) is 11.0. The van der Waals surface area contributed by atoms with Gasteiger partial charge in [0, 0.05) is 11.6 Å². The number of methoxy groups -OCH3 is 1. The minimum atomic E-state index is -0.703. The van der Waals surface area contributed by atoms with Gasteiger partial charge in [-0.15, -0.1) is 0 Å². The summed E-state index contributed by atoms with van der Waals surface area (Å²) in [6.45, 7) is 1.72. The monoisotopic (exact) mass is 330 g/mol. The topological polar surface area (TPSA) is 120 Å². The van der Waals surface area contributed by atoms with Crippen LogP contribution in [0.15, 0.2) is 47.6 Å². The Labute approximate surface area is 136 Å². The van der Waals surface area contributed by atoms with Crippen LogP contribution >= 0.6 is 0 Å². The van der Waals surface area contributed by atoms with Crippen LogP contribution in [-0.4, -0.2) is 22.7 Å². The molecule has 9 nitrogen and oxygen atoms in total. The van der Waals surface area contributed by atoms with E-state index in [2.05, 4.69) is 10.5 Å². The van der Waals surface area contributed by atoms with E-state index in [1.807, 2.05) is 6.07 Å². The maximum absolute atomic E-state index is 11.1. The smallest absolute Gasteiger partial charge is 0.301 e. The summed E-state index contributed by atoms with van der Waals surface area (Å²) in [5.74, 6) is 0.656. The van der Waals surface area contributed by atoms with E-state index in [-0.39, 0.29) is 11.4 Å². The van der Waals surface area contributed by atoms with Crippen LogP contribution < -0.4 is 10.2 Å². The van der Waals surface area contributed by atoms with Crippen molar-refractivity contribution in [3.63, 3.8) is 0 Å². The van der Waals surface area contributed by atoms with Crippen LogP contribution in [0.4, 0.5) is 17.1 Å². The van der Waals surface area contributed by atoms with Crippen molar-refractivity contribution in [3.8, 4) is 5.75 Å². The molecule has 0 saturated heterocycles. The second-order valence-electron chi connectivity index (χ2n) is 4.76. The quantitative estimate of drug-likeness (QED) is 0.492. The van der Waals surface area contributed by atoms with E-state index in [0.29, 0.717) is 11.5 Å². The molecule has 0 aliphatic carbocycles. The number of nitrogens with zero attached hydrogens (tertiary/aromatic N) is 3. The predicted octanol–water partition coefficient (Wildman–Crippen LogP) is 3.35. The molecule has 0 atom stereocenters. The summed E-state index contributed by atoms with van der Waals surface area (Å²) in [7, 11) is 1.55. The van der Waals surface area contributed by atoms with Gasteiger partial charge in [-0.1, -0.05) is 12.1 Å². The average Bonchev–Trinajstić information content (AvgIpc) is 2.59. The standard InChI is InChI=1S/C15H14N4O5/c1-10(11-4-3-5-13(8-11)24-2)16-17-14-7-6-12(18(20)21)9-15(14)19(22)23/h3-9,17H,1-2H3/b16-10-. The molecular formula is C15H14N4O5. The third kappa shape index (κ3) is 3.83. The molecule has 1 N–H and O–H groups in total. The first kappa shape index (κ1) is 16.9. The molecule has 0 aliphatic rings. The first-order valence-electron chi connectivity index (χ1n) is 6.80. The number of non-ortho nitro benzene ring substituents is 1. The lowest BCUT2D eigenvalue weighted by Gasteiger charge is -2.06. The summed E-state index contributed by atoms with van der Waals surface area (Å²) in [6.07, 6.45) is 0. The van der Waals surface area contributed by atoms with Crippen LogP contribution in [-0.2, 0) is 0 Å². The van der Waals surface area contributed by atoms with Crippen molar-refractivity contribution in [2.24, 2.45) is 5.10 Å². The Hall–Kier alpha value is -3.49. The number of nitrogens with one attached hydrogen (secondary N) is 1. The van der Waals surface area contributed by atoms with Crippen molar-refractivity contribution in [2.45, 2.75) is 6.92 Å². The van der Waals surface area contributed by atoms with Crippen molar-refractivity contribution < 1.29 is 14.6 Å². The fourth-order valence-electron chi connectivity index (χ4n) is 1.94. The van der Waals surface area contributed by atoms with E-state index in [9.17, 15) is 20.2 Å². The van der Waals surface area contributed by atoms with E-state index in [0.717, 1.165) is 11.6 Å². The molecule has 0 heterocycles. The van der Waals surface area contributed by atoms with Gasteiger partial charge in [0.1, 0.15) is 11.4 Å². The van der Waals surface area contributed by atoms with Crippen molar-refractivity contribution in [3.05, 3.63) is 68.3 Å². The van der Waals surface area contributed by atoms with E-state index < -0.39 is 15.5 Å². The fraction of sp³-hybridized carbons (Fsp3) is 0.133. The number of benzene rings is 2. The molecule has 2 rings (SSSR count). The number of hydrogen-bond donors (Lipinski definition) is 1. The number of nitro groups is 2. The minimum absolute atomic E-state index is 0.0628. The second kappa shape index (κ2) is 7.18. The Kier molecular flexibility index (Phi) is 5.05. The molecule has 124 valence electrons. The molecule has 0 aliphatic heterocycles. The summed E-state index contributed by atoms with van der Waals surface area (Å²) in [4.78, 5) is 20.4. The van der Waals surface area contributed by atoms with Gasteiger partial charge in [-0.25, -0.2) is 0 Å². The number of rotatable bonds is 6. The lowest BCUT2D eigenvalue weighted by molar-refractivity contribution is -0.393. The average molecular weight is 330 g/mol. The first-order valence-corrected chi connectivity index (χ1v) is 6.80. The fourth-order valence-corrected chi connectivity index (χ4v) is 1.94. The predicted molar refractivity (Wildman–Crippen MR) is 88.6 cm³/mol. The molecule has 0 bridgehead atoms. The van der Waals surface area contributed by atoms with Crippen LogP contribution in [0.1, 0.15) is 12.5 Å². The van der Waals surface area contributed by atoms with Crippen LogP contribution in [0.5, 0.6) is 5.75 Å². The third-order valence-electron chi connectivity index (χ3n) is 3.22. The van der Waals surface area contributed by atoms with Gasteiger partial charge in [0.05, 0.1) is 28.7 Å². The molecule has 0 aromatic heterocycles. The number of hydrogen-bond acceptors (Lipinski definition) is 7. The zero-order valence-electron chi connectivity index (χ0n) is 12.9. The highest BCUT2D eigenvalue weighted by molar-refractivity contribution is 5.99. The van der Waals surface area contributed by atoms with Gasteiger partial charge in [0.25, 0.3) is 5.69 Å². The van der Waals surface area contributed by atoms with E-state index in [1.54, 1.807) is 32.2 Å². The molecule has 2 aromatic rings. The van der Waals surface area contributed by atoms with E-state index in [1.165, 1.54) is 12.1 Å². The summed E-state index contributed by atoms with van der Waals surface area (Å²) in [5.41, 5.74) is 3.20. The Morgan fingerprint density at radius 3 is 2.50 bits per heavy atom. The van der Waals surface area contributed by atoms with Crippen LogP contribution in [0.2, 0.25) is 0 Å². The van der Waals surface area contributed by atoms with Crippen LogP contribution in [0, 0.1) is 20.2 Å². The summed E-state index contributed by atoms with van der Waals surface area (Å²) >= 11 is 0. The maximum Gasteiger partial charge on any atom is 0.301 e. The third-order valence-corrected chi connectivity index (χ3v) is 3.22. The molecule has 9 heteroatoms. The molecule has 24 heavy (non-hydrogen) atoms. The maximum atomic E-state index is 11.1. The number of nitro benzene ring substituents is 2. The van der Waals surface area contributed by atoms with Gasteiger partial charge in [-0.3, -0.25) is 25.7 Å². The Morgan fingerprint density at radius 1 is 1.12 bits per heavy atom. The van der Waals surface area contributed by atoms with Crippen molar-refractivity contribution in [1.82, 2.24) is 0 Å². The summed E-state index contributed by atoms with van der Waals surface area (Å²) < 4.78 is 5.13. The highest BCUT2D eigenvalue weighted by atomic mass is 16.6. The number of ether oxygens (including phenoxy) is 1. The van der Waals surface area contributed by atoms with Crippen LogP contribution in [0.25, 0.3) is 0 Å². The first-order chi connectivity index (χ1) is 11.4. The number of hydrazone groups is 1. The summed E-state index contributed by atoms with van der Waals surface area (Å²) in [5, 5.41) is 25.9. The van der Waals surface area contributed by atoms with Gasteiger partial charge in [-0.05, 0) is 25.1 Å². The van der Waals surface area contributed by atoms with E-state index in [4.69, 9.17) is 4.74 Å². The molecule has 0 amide bonds. The minimum Gasteiger partial charge on any atom is -0.497 e. The van der Waals surface area contributed by atoms with E-state index >= 15 is 0 Å². The zero-order chi connectivity index (χ0) is 17.7. The molecule has 0 unspecified atom stereocenters. The Bertz CT molecular complexity index is 819. The summed E-state index contributed by atoms with van der Waals surface area (Å²) in [6, 6.07) is 10.5. The molecule has 0 saturated carbocycles. The van der Waals surface area contributed by atoms with Crippen molar-refractivity contribution in [2.75, 3.05) is 12.5 Å². The Morgan fingerprint density at radius 2 is 1.88 bits per heavy atom. The van der Waals surface area contributed by atoms with Gasteiger partial charge in [0.2, 0.25) is 0 Å². The molecule has 2 aromatic carbocycles. The molecule has 0 fully saturated rings. The number of anilines is 1. The molecular weight excluding hydrogens is 316 g/mol. The zero-order valence-corrected chi connectivity index (χ0v) is 12.9. The Balaban J connectivity index is 2.29. The largest absolute Gasteiger partial charge is 0.497 e.